The average molecular weight is 135 g/mol. The van der Waals surface area contributed by atoms with Crippen molar-refractivity contribution in [2.45, 2.75) is 4.90 Å². The fourth-order valence-electron chi connectivity index (χ4n) is 0.182. The third kappa shape index (κ3) is 0.929. The van der Waals surface area contributed by atoms with E-state index in [1.54, 1.807) is 20.7 Å². The normalized spacial score (nSPS) is 8.83. The predicted octanol–water partition coefficient (Wildman–Crippen LogP) is 2.38. The molecule has 0 amide bonds. The summed E-state index contributed by atoms with van der Waals surface area (Å²) in [6.07, 6.45) is 0. The number of hydrogen-bond acceptors (Lipinski definition) is 2. The summed E-state index contributed by atoms with van der Waals surface area (Å²) in [5.74, 6) is 0. The highest BCUT2D eigenvalue weighted by Gasteiger charge is 1.91. The van der Waals surface area contributed by atoms with E-state index in [1.165, 1.54) is 0 Å². The lowest BCUT2D eigenvalue weighted by Crippen LogP contribution is -1.35. The van der Waals surface area contributed by atoms with Crippen molar-refractivity contribution in [2.24, 2.45) is 0 Å². The molecule has 0 aliphatic carbocycles. The minimum atomic E-state index is 1.07. The van der Waals surface area contributed by atoms with E-state index in [1.807, 2.05) is 10.8 Å². The largest absolute Gasteiger partial charge is 0.292 e. The van der Waals surface area contributed by atoms with Gasteiger partial charge in [-0.1, -0.05) is 0 Å². The van der Waals surface area contributed by atoms with Crippen molar-refractivity contribution in [3.05, 3.63) is 10.8 Å². The maximum absolute atomic E-state index is 4.06. The van der Waals surface area contributed by atoms with Crippen LogP contribution in [-0.4, -0.2) is 0 Å². The molecular formula is C3H3S3+. The van der Waals surface area contributed by atoms with Gasteiger partial charge in [-0.2, -0.15) is 0 Å². The topological polar surface area (TPSA) is 0 Å². The van der Waals surface area contributed by atoms with Gasteiger partial charge in [-0.05, 0) is 0 Å². The van der Waals surface area contributed by atoms with E-state index in [9.17, 15) is 0 Å². The first kappa shape index (κ1) is 4.56. The third-order valence-electron chi connectivity index (χ3n) is 0.393. The lowest BCUT2D eigenvalue weighted by atomic mass is 10.8. The predicted molar refractivity (Wildman–Crippen MR) is 33.9 cm³/mol. The summed E-state index contributed by atoms with van der Waals surface area (Å²) < 4.78 is 0. The van der Waals surface area contributed by atoms with Gasteiger partial charge in [-0.3, -0.25) is 0 Å². The molecule has 0 spiro atoms. The third-order valence-corrected chi connectivity index (χ3v) is 2.72. The number of hydrogen-bond donors (Lipinski definition) is 1. The van der Waals surface area contributed by atoms with Crippen LogP contribution in [-0.2, 0) is 0 Å². The van der Waals surface area contributed by atoms with Gasteiger partial charge in [0.1, 0.15) is 0 Å². The molecule has 0 fully saturated rings. The quantitative estimate of drug-likeness (QED) is 0.315. The zero-order chi connectivity index (χ0) is 4.41. The Morgan fingerprint density at radius 1 is 1.83 bits per heavy atom. The Morgan fingerprint density at radius 3 is 2.83 bits per heavy atom. The molecule has 1 heterocycles. The number of thiol groups is 1. The van der Waals surface area contributed by atoms with Crippen molar-refractivity contribution in [3.63, 3.8) is 0 Å². The summed E-state index contributed by atoms with van der Waals surface area (Å²) in [6, 6.07) is 0. The van der Waals surface area contributed by atoms with E-state index in [-0.39, 0.29) is 0 Å². The van der Waals surface area contributed by atoms with Crippen LogP contribution in [0.1, 0.15) is 0 Å². The second-order valence-electron chi connectivity index (χ2n) is 0.853. The zero-order valence-electron chi connectivity index (χ0n) is 2.92. The highest BCUT2D eigenvalue weighted by Crippen LogP contribution is 2.15. The minimum absolute atomic E-state index is 1.07. The van der Waals surface area contributed by atoms with Gasteiger partial charge in [0.25, 0.3) is 10.3 Å². The SMILES string of the molecule is Sc1cs[s+]c1. The molecule has 0 radical (unpaired) electrons. The smallest absolute Gasteiger partial charge is 0.137 e. The van der Waals surface area contributed by atoms with Crippen LogP contribution in [0.4, 0.5) is 0 Å². The number of rotatable bonds is 0. The Kier molecular flexibility index (Phi) is 1.45. The molecule has 0 aliphatic rings. The monoisotopic (exact) mass is 135 g/mol. The molecule has 0 saturated heterocycles. The van der Waals surface area contributed by atoms with Crippen molar-refractivity contribution in [3.8, 4) is 0 Å². The zero-order valence-corrected chi connectivity index (χ0v) is 5.45. The Morgan fingerprint density at radius 2 is 2.67 bits per heavy atom. The fourth-order valence-corrected chi connectivity index (χ4v) is 2.41. The van der Waals surface area contributed by atoms with Gasteiger partial charge in [0, 0.05) is 0 Å². The van der Waals surface area contributed by atoms with Gasteiger partial charge in [0.05, 0.1) is 10.3 Å². The van der Waals surface area contributed by atoms with E-state index in [2.05, 4.69) is 12.6 Å². The standard InChI is InChI=1S/C3H2S3/c4-3-1-5-6-2-3/h1-2H/p+1. The lowest BCUT2D eigenvalue weighted by molar-refractivity contribution is 1.66. The molecule has 0 nitrogen and oxygen atoms in total. The van der Waals surface area contributed by atoms with Crippen LogP contribution < -0.4 is 0 Å². The second kappa shape index (κ2) is 1.91. The van der Waals surface area contributed by atoms with Crippen LogP contribution in [0.3, 0.4) is 0 Å². The van der Waals surface area contributed by atoms with Gasteiger partial charge in [0.15, 0.2) is 10.3 Å². The molecular weight excluding hydrogens is 132 g/mol. The molecule has 1 rings (SSSR count). The molecule has 0 aromatic carbocycles. The van der Waals surface area contributed by atoms with Gasteiger partial charge in [-0.25, -0.2) is 0 Å². The first-order valence-corrected chi connectivity index (χ1v) is 4.16. The van der Waals surface area contributed by atoms with E-state index in [0.29, 0.717) is 0 Å². The lowest BCUT2D eigenvalue weighted by Gasteiger charge is -1.55. The summed E-state index contributed by atoms with van der Waals surface area (Å²) in [7, 11) is 3.41. The molecule has 0 saturated carbocycles. The Bertz CT molecular complexity index is 110. The maximum atomic E-state index is 4.06. The highest BCUT2D eigenvalue weighted by atomic mass is 32.9. The van der Waals surface area contributed by atoms with Gasteiger partial charge in [0.2, 0.25) is 5.38 Å². The molecule has 0 aliphatic heterocycles. The maximum Gasteiger partial charge on any atom is 0.292 e. The Hall–Kier alpha value is 0.400. The molecule has 1 aromatic heterocycles. The molecule has 0 atom stereocenters. The molecule has 0 bridgehead atoms. The first-order valence-electron chi connectivity index (χ1n) is 1.44. The van der Waals surface area contributed by atoms with E-state index >= 15 is 0 Å². The minimum Gasteiger partial charge on any atom is -0.137 e. The van der Waals surface area contributed by atoms with E-state index in [0.717, 1.165) is 4.90 Å². The molecule has 0 N–H and O–H groups in total. The molecule has 0 unspecified atom stereocenters. The second-order valence-corrected chi connectivity index (χ2v) is 3.38. The summed E-state index contributed by atoms with van der Waals surface area (Å²) in [5.41, 5.74) is 0. The molecule has 6 heavy (non-hydrogen) atoms. The Labute approximate surface area is 49.3 Å². The van der Waals surface area contributed by atoms with E-state index in [4.69, 9.17) is 0 Å². The molecule has 32 valence electrons. The summed E-state index contributed by atoms with van der Waals surface area (Å²) >= 11 is 4.06. The van der Waals surface area contributed by atoms with Crippen molar-refractivity contribution in [2.75, 3.05) is 0 Å². The van der Waals surface area contributed by atoms with Gasteiger partial charge >= 0.3 is 0 Å². The van der Waals surface area contributed by atoms with Crippen LogP contribution in [0.5, 0.6) is 0 Å². The van der Waals surface area contributed by atoms with Crippen molar-refractivity contribution >= 4 is 33.3 Å². The fraction of sp³-hybridized carbons (Fsp3) is 0. The molecule has 3 heteroatoms. The van der Waals surface area contributed by atoms with Crippen LogP contribution in [0, 0.1) is 0 Å². The van der Waals surface area contributed by atoms with Crippen LogP contribution in [0.15, 0.2) is 15.7 Å². The van der Waals surface area contributed by atoms with Gasteiger partial charge < -0.3 is 0 Å². The summed E-state index contributed by atoms with van der Waals surface area (Å²) in [5, 5.41) is 4.02. The summed E-state index contributed by atoms with van der Waals surface area (Å²) in [4.78, 5) is 1.07. The van der Waals surface area contributed by atoms with Crippen molar-refractivity contribution in [1.82, 2.24) is 0 Å². The average Bonchev–Trinajstić information content (AvgIpc) is 1.86. The first-order chi connectivity index (χ1) is 2.89. The van der Waals surface area contributed by atoms with Gasteiger partial charge in [-0.15, -0.1) is 12.6 Å². The van der Waals surface area contributed by atoms with E-state index < -0.39 is 0 Å². The highest BCUT2D eigenvalue weighted by molar-refractivity contribution is 7.81. The summed E-state index contributed by atoms with van der Waals surface area (Å²) in [6.45, 7) is 0. The van der Waals surface area contributed by atoms with Crippen LogP contribution in [0.2, 0.25) is 0 Å². The molecule has 1 aromatic rings. The Balaban J connectivity index is 3.05. The van der Waals surface area contributed by atoms with Crippen LogP contribution >= 0.6 is 33.3 Å². The van der Waals surface area contributed by atoms with Crippen molar-refractivity contribution < 1.29 is 0 Å². The van der Waals surface area contributed by atoms with Crippen LogP contribution in [0.25, 0.3) is 0 Å². The van der Waals surface area contributed by atoms with Crippen molar-refractivity contribution in [1.29, 1.82) is 0 Å².